The number of ether oxygens (including phenoxy) is 2. The number of aryl methyl sites for hydroxylation is 1. The van der Waals surface area contributed by atoms with Crippen molar-refractivity contribution in [3.63, 3.8) is 0 Å². The maximum atomic E-state index is 12.5. The number of rotatable bonds is 8. The molecule has 8 heteroatoms. The van der Waals surface area contributed by atoms with Crippen molar-refractivity contribution in [2.75, 3.05) is 5.32 Å². The zero-order valence-electron chi connectivity index (χ0n) is 16.7. The average Bonchev–Trinajstić information content (AvgIpc) is 3.41. The lowest BCUT2D eigenvalue weighted by Gasteiger charge is -2.06. The average molecular weight is 438 g/mol. The van der Waals surface area contributed by atoms with E-state index in [4.69, 9.17) is 25.5 Å². The van der Waals surface area contributed by atoms with Gasteiger partial charge in [-0.2, -0.15) is 5.10 Å². The lowest BCUT2D eigenvalue weighted by atomic mass is 10.2. The second-order valence-electron chi connectivity index (χ2n) is 6.77. The number of carbonyl (C=O) groups is 1. The first-order valence-corrected chi connectivity index (χ1v) is 9.94. The van der Waals surface area contributed by atoms with E-state index in [0.29, 0.717) is 22.2 Å². The van der Waals surface area contributed by atoms with Crippen LogP contribution >= 0.6 is 11.6 Å². The molecule has 0 radical (unpaired) electrons. The molecular formula is C23H20ClN3O4. The highest BCUT2D eigenvalue weighted by Crippen LogP contribution is 2.20. The Hall–Kier alpha value is -3.71. The fourth-order valence-electron chi connectivity index (χ4n) is 2.83. The number of anilines is 1. The van der Waals surface area contributed by atoms with Crippen molar-refractivity contribution in [3.05, 3.63) is 95.2 Å². The van der Waals surface area contributed by atoms with Gasteiger partial charge >= 0.3 is 0 Å². The summed E-state index contributed by atoms with van der Waals surface area (Å²) in [7, 11) is 0. The van der Waals surface area contributed by atoms with E-state index >= 15 is 0 Å². The molecule has 7 nitrogen and oxygen atoms in total. The van der Waals surface area contributed by atoms with Crippen molar-refractivity contribution >= 4 is 23.2 Å². The number of aromatic nitrogens is 2. The number of amides is 1. The Morgan fingerprint density at radius 3 is 2.84 bits per heavy atom. The number of nitrogens with zero attached hydrogens (tertiary/aromatic N) is 2. The highest BCUT2D eigenvalue weighted by Gasteiger charge is 2.13. The van der Waals surface area contributed by atoms with Crippen molar-refractivity contribution < 1.29 is 18.7 Å². The number of carbonyl (C=O) groups excluding carboxylic acids is 1. The fraction of sp³-hybridized carbons (Fsp3) is 0.130. The topological polar surface area (TPSA) is 78.5 Å². The summed E-state index contributed by atoms with van der Waals surface area (Å²) in [5, 5.41) is 7.51. The van der Waals surface area contributed by atoms with E-state index < -0.39 is 0 Å². The van der Waals surface area contributed by atoms with E-state index in [9.17, 15) is 4.79 Å². The molecule has 0 saturated carbocycles. The Morgan fingerprint density at radius 1 is 1.13 bits per heavy atom. The Kier molecular flexibility index (Phi) is 6.24. The normalized spacial score (nSPS) is 10.6. The first-order valence-electron chi connectivity index (χ1n) is 9.56. The maximum Gasteiger partial charge on any atom is 0.291 e. The first-order chi connectivity index (χ1) is 15.1. The highest BCUT2D eigenvalue weighted by molar-refractivity contribution is 6.30. The SMILES string of the molecule is Cc1ccccc1OCc1ccc(C(=O)Nc2cnn(COc3cccc(Cl)c3)c2)o1. The minimum Gasteiger partial charge on any atom is -0.485 e. The molecule has 0 aliphatic rings. The van der Waals surface area contributed by atoms with Gasteiger partial charge < -0.3 is 19.2 Å². The third-order valence-electron chi connectivity index (χ3n) is 4.40. The van der Waals surface area contributed by atoms with Gasteiger partial charge in [-0.05, 0) is 48.9 Å². The molecule has 0 atom stereocenters. The molecule has 0 saturated heterocycles. The number of para-hydroxylation sites is 1. The molecular weight excluding hydrogens is 418 g/mol. The number of hydrogen-bond donors (Lipinski definition) is 1. The summed E-state index contributed by atoms with van der Waals surface area (Å²) in [4.78, 5) is 12.5. The Balaban J connectivity index is 1.30. The summed E-state index contributed by atoms with van der Waals surface area (Å²) in [6.07, 6.45) is 3.19. The van der Waals surface area contributed by atoms with Crippen molar-refractivity contribution in [3.8, 4) is 11.5 Å². The third kappa shape index (κ3) is 5.46. The standard InChI is InChI=1S/C23H20ClN3O4/c1-16-5-2-3-8-21(16)29-14-20-9-10-22(31-20)23(28)26-18-12-25-27(13-18)15-30-19-7-4-6-17(24)11-19/h2-13H,14-15H2,1H3,(H,26,28). The Labute approximate surface area is 184 Å². The van der Waals surface area contributed by atoms with Crippen LogP contribution in [0, 0.1) is 6.92 Å². The van der Waals surface area contributed by atoms with Gasteiger partial charge in [0.2, 0.25) is 0 Å². The largest absolute Gasteiger partial charge is 0.485 e. The predicted octanol–water partition coefficient (Wildman–Crippen LogP) is 5.31. The number of furan rings is 1. The number of benzene rings is 2. The predicted molar refractivity (Wildman–Crippen MR) is 116 cm³/mol. The van der Waals surface area contributed by atoms with E-state index in [1.807, 2.05) is 31.2 Å². The molecule has 2 aromatic carbocycles. The van der Waals surface area contributed by atoms with Crippen molar-refractivity contribution in [2.24, 2.45) is 0 Å². The van der Waals surface area contributed by atoms with E-state index in [2.05, 4.69) is 10.4 Å². The number of halogens is 1. The molecule has 0 aliphatic heterocycles. The van der Waals surface area contributed by atoms with Crippen LogP contribution < -0.4 is 14.8 Å². The summed E-state index contributed by atoms with van der Waals surface area (Å²) in [6.45, 7) is 2.38. The molecule has 4 rings (SSSR count). The summed E-state index contributed by atoms with van der Waals surface area (Å²) in [5.41, 5.74) is 1.55. The van der Waals surface area contributed by atoms with Crippen LogP contribution in [-0.2, 0) is 13.3 Å². The molecule has 1 amide bonds. The van der Waals surface area contributed by atoms with Crippen LogP contribution in [0.1, 0.15) is 21.9 Å². The van der Waals surface area contributed by atoms with E-state index in [0.717, 1.165) is 11.3 Å². The zero-order valence-corrected chi connectivity index (χ0v) is 17.5. The van der Waals surface area contributed by atoms with Crippen LogP contribution in [0.3, 0.4) is 0 Å². The third-order valence-corrected chi connectivity index (χ3v) is 4.63. The number of hydrogen-bond acceptors (Lipinski definition) is 5. The van der Waals surface area contributed by atoms with Gasteiger partial charge in [0, 0.05) is 5.02 Å². The molecule has 2 aromatic heterocycles. The highest BCUT2D eigenvalue weighted by atomic mass is 35.5. The van der Waals surface area contributed by atoms with E-state index in [1.54, 1.807) is 47.3 Å². The van der Waals surface area contributed by atoms with Gasteiger partial charge in [0.1, 0.15) is 23.9 Å². The molecule has 0 spiro atoms. The van der Waals surface area contributed by atoms with Crippen LogP contribution in [0.2, 0.25) is 5.02 Å². The Bertz CT molecular complexity index is 1180. The summed E-state index contributed by atoms with van der Waals surface area (Å²) in [6, 6.07) is 18.1. The summed E-state index contributed by atoms with van der Waals surface area (Å²) >= 11 is 5.94. The molecule has 0 bridgehead atoms. The minimum absolute atomic E-state index is 0.178. The number of nitrogens with one attached hydrogen (secondary N) is 1. The van der Waals surface area contributed by atoms with E-state index in [1.165, 1.54) is 6.20 Å². The smallest absolute Gasteiger partial charge is 0.291 e. The van der Waals surface area contributed by atoms with Gasteiger partial charge in [0.15, 0.2) is 12.5 Å². The molecule has 0 unspecified atom stereocenters. The Morgan fingerprint density at radius 2 is 2.00 bits per heavy atom. The van der Waals surface area contributed by atoms with Crippen molar-refractivity contribution in [1.29, 1.82) is 0 Å². The maximum absolute atomic E-state index is 12.5. The van der Waals surface area contributed by atoms with Gasteiger partial charge in [-0.15, -0.1) is 0 Å². The monoisotopic (exact) mass is 437 g/mol. The van der Waals surface area contributed by atoms with Crippen molar-refractivity contribution in [2.45, 2.75) is 20.3 Å². The van der Waals surface area contributed by atoms with Gasteiger partial charge in [0.25, 0.3) is 5.91 Å². The molecule has 158 valence electrons. The molecule has 2 heterocycles. The van der Waals surface area contributed by atoms with Crippen LogP contribution in [-0.4, -0.2) is 15.7 Å². The molecule has 4 aromatic rings. The zero-order chi connectivity index (χ0) is 21.6. The molecule has 31 heavy (non-hydrogen) atoms. The summed E-state index contributed by atoms with van der Waals surface area (Å²) in [5.74, 6) is 1.77. The van der Waals surface area contributed by atoms with Crippen LogP contribution in [0.5, 0.6) is 11.5 Å². The quantitative estimate of drug-likeness (QED) is 0.404. The fourth-order valence-corrected chi connectivity index (χ4v) is 3.01. The van der Waals surface area contributed by atoms with Crippen molar-refractivity contribution in [1.82, 2.24) is 9.78 Å². The van der Waals surface area contributed by atoms with Crippen LogP contribution in [0.15, 0.2) is 77.5 Å². The van der Waals surface area contributed by atoms with Crippen LogP contribution in [0.4, 0.5) is 5.69 Å². The van der Waals surface area contributed by atoms with Gasteiger partial charge in [-0.1, -0.05) is 35.9 Å². The lowest BCUT2D eigenvalue weighted by molar-refractivity contribution is 0.0992. The first kappa shape index (κ1) is 20.6. The second-order valence-corrected chi connectivity index (χ2v) is 7.21. The molecule has 0 fully saturated rings. The molecule has 0 aliphatic carbocycles. The second kappa shape index (κ2) is 9.40. The summed E-state index contributed by atoms with van der Waals surface area (Å²) < 4.78 is 18.5. The van der Waals surface area contributed by atoms with Gasteiger partial charge in [-0.25, -0.2) is 4.68 Å². The molecule has 1 N–H and O–H groups in total. The van der Waals surface area contributed by atoms with Gasteiger partial charge in [0.05, 0.1) is 18.1 Å². The van der Waals surface area contributed by atoms with Crippen LogP contribution in [0.25, 0.3) is 0 Å². The van der Waals surface area contributed by atoms with E-state index in [-0.39, 0.29) is 25.0 Å². The lowest BCUT2D eigenvalue weighted by Crippen LogP contribution is -2.10. The van der Waals surface area contributed by atoms with Gasteiger partial charge in [-0.3, -0.25) is 4.79 Å². The minimum atomic E-state index is -0.377.